The molecule has 2 aromatic rings. The van der Waals surface area contributed by atoms with Crippen molar-refractivity contribution in [2.75, 3.05) is 64.4 Å². The molecule has 0 radical (unpaired) electrons. The first-order valence-corrected chi connectivity index (χ1v) is 18.9. The van der Waals surface area contributed by atoms with Crippen LogP contribution in [0.2, 0.25) is 5.02 Å². The molecule has 49 heavy (non-hydrogen) atoms. The molecule has 0 spiro atoms. The van der Waals surface area contributed by atoms with Crippen LogP contribution in [0.4, 0.5) is 5.69 Å². The summed E-state index contributed by atoms with van der Waals surface area (Å²) < 4.78 is 5.96. The third kappa shape index (κ3) is 7.35. The normalized spacial score (nSPS) is 30.9. The fraction of sp³-hybridized carbons (Fsp3) is 0.615. The standard InChI is InChI=1S/C39H52ClN5O4/c1-27-10-16-31(17-11-27)45(39(48)36-9-6-22-49-36)32-23-35(38(47)42-20-18-41(2)19-21-42)44(24-32)37(46)34-26-43(30-7-4-3-5-8-30)25-33(34)28-12-14-29(40)15-13-28/h3-5,7-8,12-15,27,31-36H,6,9-11,16-26H2,1-2H3/t27?,31?,32-,33+,34-,35+,36+/m1/s1. The fourth-order valence-electron chi connectivity index (χ4n) is 9.01. The minimum absolute atomic E-state index is 0.00939. The summed E-state index contributed by atoms with van der Waals surface area (Å²) in [6.45, 7) is 7.46. The molecule has 5 atom stereocenters. The number of halogens is 1. The average Bonchev–Trinajstić information content (AvgIpc) is 3.91. The predicted octanol–water partition coefficient (Wildman–Crippen LogP) is 4.89. The third-order valence-corrected chi connectivity index (χ3v) is 12.2. The van der Waals surface area contributed by atoms with E-state index in [2.05, 4.69) is 40.8 Å². The van der Waals surface area contributed by atoms with Crippen molar-refractivity contribution < 1.29 is 19.1 Å². The molecule has 4 heterocycles. The van der Waals surface area contributed by atoms with Crippen molar-refractivity contribution in [1.29, 1.82) is 0 Å². The molecule has 0 aromatic heterocycles. The maximum absolute atomic E-state index is 15.1. The Hall–Kier alpha value is -3.14. The Morgan fingerprint density at radius 3 is 2.20 bits per heavy atom. The summed E-state index contributed by atoms with van der Waals surface area (Å²) in [5.41, 5.74) is 2.16. The molecule has 0 N–H and O–H groups in total. The van der Waals surface area contributed by atoms with Crippen molar-refractivity contribution in [1.82, 2.24) is 19.6 Å². The van der Waals surface area contributed by atoms with Crippen LogP contribution in [0.1, 0.15) is 63.4 Å². The molecule has 4 aliphatic heterocycles. The number of hydrogen-bond donors (Lipinski definition) is 0. The summed E-state index contributed by atoms with van der Waals surface area (Å²) in [6, 6.07) is 17.4. The van der Waals surface area contributed by atoms with Crippen LogP contribution >= 0.6 is 11.6 Å². The van der Waals surface area contributed by atoms with E-state index in [1.54, 1.807) is 0 Å². The fourth-order valence-corrected chi connectivity index (χ4v) is 9.14. The number of nitrogens with zero attached hydrogens (tertiary/aromatic N) is 5. The lowest BCUT2D eigenvalue weighted by Gasteiger charge is -2.41. The molecule has 4 saturated heterocycles. The van der Waals surface area contributed by atoms with Crippen molar-refractivity contribution in [3.8, 4) is 0 Å². The van der Waals surface area contributed by atoms with E-state index in [0.717, 1.165) is 62.9 Å². The maximum atomic E-state index is 15.1. The van der Waals surface area contributed by atoms with Crippen molar-refractivity contribution in [2.45, 2.75) is 82.0 Å². The molecule has 0 unspecified atom stereocenters. The van der Waals surface area contributed by atoms with Gasteiger partial charge in [0.05, 0.1) is 12.0 Å². The Kier molecular flexibility index (Phi) is 10.5. The number of anilines is 1. The van der Waals surface area contributed by atoms with E-state index in [-0.39, 0.29) is 41.6 Å². The molecular formula is C39H52ClN5O4. The maximum Gasteiger partial charge on any atom is 0.252 e. The van der Waals surface area contributed by atoms with Crippen molar-refractivity contribution in [3.05, 3.63) is 65.2 Å². The smallest absolute Gasteiger partial charge is 0.252 e. The van der Waals surface area contributed by atoms with Crippen LogP contribution in [-0.4, -0.2) is 121 Å². The van der Waals surface area contributed by atoms with E-state index in [4.69, 9.17) is 16.3 Å². The first-order chi connectivity index (χ1) is 23.8. The zero-order chi connectivity index (χ0) is 34.1. The number of benzene rings is 2. The van der Waals surface area contributed by atoms with Crippen LogP contribution in [0.3, 0.4) is 0 Å². The Balaban J connectivity index is 1.21. The van der Waals surface area contributed by atoms with Crippen molar-refractivity contribution >= 4 is 35.0 Å². The van der Waals surface area contributed by atoms with Gasteiger partial charge in [-0.15, -0.1) is 0 Å². The summed E-state index contributed by atoms with van der Waals surface area (Å²) in [7, 11) is 2.08. The lowest BCUT2D eigenvalue weighted by atomic mass is 9.85. The third-order valence-electron chi connectivity index (χ3n) is 12.0. The van der Waals surface area contributed by atoms with E-state index >= 15 is 4.79 Å². The van der Waals surface area contributed by atoms with E-state index in [1.165, 1.54) is 0 Å². The largest absolute Gasteiger partial charge is 0.370 e. The van der Waals surface area contributed by atoms with Crippen LogP contribution in [-0.2, 0) is 19.1 Å². The van der Waals surface area contributed by atoms with Crippen molar-refractivity contribution in [3.63, 3.8) is 0 Å². The van der Waals surface area contributed by atoms with Gasteiger partial charge in [-0.1, -0.05) is 48.9 Å². The van der Waals surface area contributed by atoms with Gasteiger partial charge < -0.3 is 29.2 Å². The van der Waals surface area contributed by atoms with Crippen LogP contribution in [0, 0.1) is 11.8 Å². The number of amides is 3. The zero-order valence-corrected chi connectivity index (χ0v) is 29.8. The van der Waals surface area contributed by atoms with Gasteiger partial charge in [-0.2, -0.15) is 0 Å². The van der Waals surface area contributed by atoms with Gasteiger partial charge in [0.25, 0.3) is 5.91 Å². The Labute approximate surface area is 296 Å². The molecule has 10 heteroatoms. The predicted molar refractivity (Wildman–Crippen MR) is 192 cm³/mol. The second kappa shape index (κ2) is 15.0. The first kappa shape index (κ1) is 34.3. The van der Waals surface area contributed by atoms with Gasteiger partial charge in [-0.3, -0.25) is 14.4 Å². The van der Waals surface area contributed by atoms with Gasteiger partial charge in [0.15, 0.2) is 0 Å². The van der Waals surface area contributed by atoms with Crippen LogP contribution in [0.5, 0.6) is 0 Å². The number of likely N-dealkylation sites (N-methyl/N-ethyl adjacent to an activating group) is 1. The second-order valence-electron chi connectivity index (χ2n) is 15.2. The highest BCUT2D eigenvalue weighted by Crippen LogP contribution is 2.40. The van der Waals surface area contributed by atoms with Crippen LogP contribution in [0.25, 0.3) is 0 Å². The molecule has 9 nitrogen and oxygen atoms in total. The van der Waals surface area contributed by atoms with Gasteiger partial charge in [-0.25, -0.2) is 0 Å². The van der Waals surface area contributed by atoms with E-state index in [1.807, 2.05) is 52.3 Å². The Bertz CT molecular complexity index is 1450. The average molecular weight is 690 g/mol. The number of carbonyl (C=O) groups is 3. The monoisotopic (exact) mass is 689 g/mol. The molecule has 2 aromatic carbocycles. The quantitative estimate of drug-likeness (QED) is 0.412. The summed E-state index contributed by atoms with van der Waals surface area (Å²) in [6.07, 6.45) is 5.73. The van der Waals surface area contributed by atoms with E-state index in [9.17, 15) is 9.59 Å². The summed E-state index contributed by atoms with van der Waals surface area (Å²) in [4.78, 5) is 54.4. The van der Waals surface area contributed by atoms with Gasteiger partial charge >= 0.3 is 0 Å². The number of hydrogen-bond acceptors (Lipinski definition) is 6. The van der Waals surface area contributed by atoms with Crippen LogP contribution in [0.15, 0.2) is 54.6 Å². The van der Waals surface area contributed by atoms with Gasteiger partial charge in [0, 0.05) is 75.1 Å². The van der Waals surface area contributed by atoms with Crippen molar-refractivity contribution in [2.24, 2.45) is 11.8 Å². The van der Waals surface area contributed by atoms with E-state index < -0.39 is 12.1 Å². The highest BCUT2D eigenvalue weighted by molar-refractivity contribution is 6.30. The summed E-state index contributed by atoms with van der Waals surface area (Å²) in [5, 5.41) is 0.665. The lowest BCUT2D eigenvalue weighted by molar-refractivity contribution is -0.148. The molecule has 3 amide bonds. The summed E-state index contributed by atoms with van der Waals surface area (Å²) >= 11 is 6.30. The number of para-hydroxylation sites is 1. The topological polar surface area (TPSA) is 76.6 Å². The Morgan fingerprint density at radius 2 is 1.53 bits per heavy atom. The molecule has 1 saturated carbocycles. The highest BCUT2D eigenvalue weighted by atomic mass is 35.5. The summed E-state index contributed by atoms with van der Waals surface area (Å²) in [5.74, 6) is 0.316. The molecular weight excluding hydrogens is 638 g/mol. The molecule has 7 rings (SSSR count). The van der Waals surface area contributed by atoms with E-state index in [0.29, 0.717) is 56.7 Å². The second-order valence-corrected chi connectivity index (χ2v) is 15.6. The number of likely N-dealkylation sites (tertiary alicyclic amines) is 1. The van der Waals surface area contributed by atoms with Crippen LogP contribution < -0.4 is 4.90 Å². The van der Waals surface area contributed by atoms with Gasteiger partial charge in [0.1, 0.15) is 12.1 Å². The number of piperazine rings is 1. The molecule has 0 bridgehead atoms. The molecule has 1 aliphatic carbocycles. The molecule has 5 aliphatic rings. The number of carbonyl (C=O) groups excluding carboxylic acids is 3. The highest BCUT2D eigenvalue weighted by Gasteiger charge is 2.51. The minimum Gasteiger partial charge on any atom is -0.370 e. The number of ether oxygens (including phenoxy) is 1. The lowest BCUT2D eigenvalue weighted by Crippen LogP contribution is -2.54. The minimum atomic E-state index is -0.597. The SMILES string of the molecule is CC1CCC(N(C(=O)[C@@H]2CCCO2)[C@@H]2C[C@@H](C(=O)N3CCN(C)CC3)N(C(=O)[C@@H]3CN(c4ccccc4)C[C@H]3c3ccc(Cl)cc3)C2)CC1. The zero-order valence-electron chi connectivity index (χ0n) is 29.1. The molecule has 264 valence electrons. The first-order valence-electron chi connectivity index (χ1n) is 18.5. The molecule has 5 fully saturated rings. The Morgan fingerprint density at radius 1 is 0.816 bits per heavy atom. The number of rotatable bonds is 7. The van der Waals surface area contributed by atoms with Gasteiger partial charge in [0.2, 0.25) is 11.8 Å². The van der Waals surface area contributed by atoms with Gasteiger partial charge in [-0.05, 0) is 87.7 Å².